The van der Waals surface area contributed by atoms with Gasteiger partial charge in [-0.3, -0.25) is 4.79 Å². The fraction of sp³-hybridized carbons (Fsp3) is 0.679. The third-order valence-electron chi connectivity index (χ3n) is 6.85. The lowest BCUT2D eigenvalue weighted by Gasteiger charge is -2.38. The molecule has 3 fully saturated rings. The minimum atomic E-state index is -0.267. The van der Waals surface area contributed by atoms with Crippen molar-refractivity contribution in [2.24, 2.45) is 5.92 Å². The van der Waals surface area contributed by atoms with E-state index < -0.39 is 0 Å². The second-order valence-corrected chi connectivity index (χ2v) is 10.9. The lowest BCUT2D eigenvalue weighted by atomic mass is 9.83. The molecule has 2 heterocycles. The highest BCUT2D eigenvalue weighted by Crippen LogP contribution is 2.46. The predicted octanol–water partition coefficient (Wildman–Crippen LogP) is 5.78. The van der Waals surface area contributed by atoms with E-state index in [1.54, 1.807) is 0 Å². The van der Waals surface area contributed by atoms with E-state index >= 15 is 0 Å². The van der Waals surface area contributed by atoms with Crippen LogP contribution in [0.25, 0.3) is 0 Å². The van der Waals surface area contributed by atoms with Crippen molar-refractivity contribution in [1.82, 2.24) is 5.32 Å². The highest BCUT2D eigenvalue weighted by atomic mass is 16.6. The second-order valence-electron chi connectivity index (χ2n) is 10.9. The van der Waals surface area contributed by atoms with Crippen LogP contribution in [0.5, 0.6) is 0 Å². The van der Waals surface area contributed by atoms with Gasteiger partial charge in [0.05, 0.1) is 23.9 Å². The maximum Gasteiger partial charge on any atom is 0.303 e. The molecule has 3 atom stereocenters. The molecule has 0 amide bonds. The molecule has 0 unspecified atom stereocenters. The molecule has 0 bridgehead atoms. The molecule has 1 saturated carbocycles. The Morgan fingerprint density at radius 3 is 2.55 bits per heavy atom. The molecule has 1 aliphatic carbocycles. The molecule has 184 valence electrons. The molecule has 2 aliphatic heterocycles. The van der Waals surface area contributed by atoms with Gasteiger partial charge in [0.1, 0.15) is 6.10 Å². The summed E-state index contributed by atoms with van der Waals surface area (Å²) >= 11 is 0. The zero-order valence-electron chi connectivity index (χ0n) is 21.2. The van der Waals surface area contributed by atoms with E-state index in [1.165, 1.54) is 25.3 Å². The minimum Gasteiger partial charge on any atom is -0.459 e. The van der Waals surface area contributed by atoms with Crippen LogP contribution in [-0.2, 0) is 19.0 Å². The van der Waals surface area contributed by atoms with Gasteiger partial charge in [-0.2, -0.15) is 0 Å². The maximum absolute atomic E-state index is 11.0. The van der Waals surface area contributed by atoms with Crippen molar-refractivity contribution in [1.29, 1.82) is 0 Å². The Labute approximate surface area is 200 Å². The minimum absolute atomic E-state index is 0.0721. The van der Waals surface area contributed by atoms with Crippen LogP contribution in [0.3, 0.4) is 0 Å². The van der Waals surface area contributed by atoms with Crippen LogP contribution in [0.15, 0.2) is 48.2 Å². The molecule has 5 nitrogen and oxygen atoms in total. The van der Waals surface area contributed by atoms with E-state index in [0.29, 0.717) is 6.04 Å². The fourth-order valence-electron chi connectivity index (χ4n) is 5.22. The predicted molar refractivity (Wildman–Crippen MR) is 133 cm³/mol. The van der Waals surface area contributed by atoms with Crippen LogP contribution >= 0.6 is 0 Å². The molecule has 3 aliphatic rings. The summed E-state index contributed by atoms with van der Waals surface area (Å²) < 4.78 is 17.1. The first-order valence-corrected chi connectivity index (χ1v) is 12.5. The number of ether oxygens (including phenoxy) is 3. The van der Waals surface area contributed by atoms with Gasteiger partial charge >= 0.3 is 5.97 Å². The van der Waals surface area contributed by atoms with Crippen molar-refractivity contribution < 1.29 is 19.0 Å². The molecule has 0 aromatic carbocycles. The van der Waals surface area contributed by atoms with Crippen molar-refractivity contribution in [3.8, 4) is 0 Å². The highest BCUT2D eigenvalue weighted by molar-refractivity contribution is 5.66. The third-order valence-corrected chi connectivity index (χ3v) is 6.85. The zero-order valence-corrected chi connectivity index (χ0v) is 21.2. The second kappa shape index (κ2) is 11.1. The first-order chi connectivity index (χ1) is 15.5. The molecule has 0 aromatic heterocycles. The van der Waals surface area contributed by atoms with Gasteiger partial charge in [-0.15, -0.1) is 0 Å². The maximum atomic E-state index is 11.0. The van der Waals surface area contributed by atoms with Gasteiger partial charge in [-0.05, 0) is 77.9 Å². The number of hydrogen-bond donors (Lipinski definition) is 1. The Balaban J connectivity index is 1.36. The molecule has 2 saturated heterocycles. The number of carbonyl (C=O) groups is 1. The SMILES string of the molecule is C=C(/C=C\[C@H](C)OC(C)=O)NC1CCC(C/C=C(C)/C=C/[C@@H]2C[C@]3(CO3)CC(C)(C)O2)CC1. The Hall–Kier alpha value is -1.85. The summed E-state index contributed by atoms with van der Waals surface area (Å²) in [5, 5.41) is 3.52. The third kappa shape index (κ3) is 8.78. The normalized spacial score (nSPS) is 32.8. The van der Waals surface area contributed by atoms with E-state index in [4.69, 9.17) is 14.2 Å². The summed E-state index contributed by atoms with van der Waals surface area (Å²) in [5.41, 5.74) is 2.15. The van der Waals surface area contributed by atoms with Crippen molar-refractivity contribution in [3.05, 3.63) is 48.2 Å². The van der Waals surface area contributed by atoms with Crippen LogP contribution in [0, 0.1) is 5.92 Å². The quantitative estimate of drug-likeness (QED) is 0.270. The summed E-state index contributed by atoms with van der Waals surface area (Å²) in [6, 6.07) is 0.469. The number of hydrogen-bond acceptors (Lipinski definition) is 5. The van der Waals surface area contributed by atoms with Gasteiger partial charge < -0.3 is 19.5 Å². The summed E-state index contributed by atoms with van der Waals surface area (Å²) in [7, 11) is 0. The fourth-order valence-corrected chi connectivity index (χ4v) is 5.22. The number of rotatable bonds is 9. The Morgan fingerprint density at radius 2 is 1.91 bits per heavy atom. The van der Waals surface area contributed by atoms with E-state index in [0.717, 1.165) is 50.3 Å². The summed E-state index contributed by atoms with van der Waals surface area (Å²) in [6.07, 6.45) is 18.4. The summed E-state index contributed by atoms with van der Waals surface area (Å²) in [5.74, 6) is 0.475. The van der Waals surface area contributed by atoms with Gasteiger partial charge in [0.2, 0.25) is 0 Å². The highest BCUT2D eigenvalue weighted by Gasteiger charge is 2.53. The van der Waals surface area contributed by atoms with E-state index in [-0.39, 0.29) is 29.4 Å². The molecule has 33 heavy (non-hydrogen) atoms. The molecule has 1 spiro atoms. The molecule has 0 radical (unpaired) electrons. The first-order valence-electron chi connectivity index (χ1n) is 12.5. The number of esters is 1. The average Bonchev–Trinajstić information content (AvgIpc) is 3.46. The van der Waals surface area contributed by atoms with Crippen LogP contribution in [-0.4, -0.2) is 42.0 Å². The van der Waals surface area contributed by atoms with Crippen molar-refractivity contribution in [2.75, 3.05) is 6.61 Å². The number of nitrogens with one attached hydrogen (secondary N) is 1. The lowest BCUT2D eigenvalue weighted by molar-refractivity contribution is -0.143. The van der Waals surface area contributed by atoms with Crippen LogP contribution in [0.1, 0.15) is 79.6 Å². The monoisotopic (exact) mass is 457 g/mol. The first kappa shape index (κ1) is 25.8. The lowest BCUT2D eigenvalue weighted by Crippen LogP contribution is -2.43. The van der Waals surface area contributed by atoms with Gasteiger partial charge in [-0.1, -0.05) is 30.4 Å². The molecule has 5 heteroatoms. The largest absolute Gasteiger partial charge is 0.459 e. The van der Waals surface area contributed by atoms with Crippen molar-refractivity contribution >= 4 is 5.97 Å². The number of allylic oxidation sites excluding steroid dienone is 4. The van der Waals surface area contributed by atoms with Crippen LogP contribution in [0.4, 0.5) is 0 Å². The van der Waals surface area contributed by atoms with E-state index in [1.807, 2.05) is 19.1 Å². The summed E-state index contributed by atoms with van der Waals surface area (Å²) in [6.45, 7) is 14.8. The van der Waals surface area contributed by atoms with Crippen LogP contribution in [0.2, 0.25) is 0 Å². The Kier molecular flexibility index (Phi) is 8.63. The van der Waals surface area contributed by atoms with Gasteiger partial charge in [0.25, 0.3) is 0 Å². The van der Waals surface area contributed by atoms with E-state index in [2.05, 4.69) is 50.9 Å². The molecular weight excluding hydrogens is 414 g/mol. The average molecular weight is 458 g/mol. The number of epoxide rings is 1. The Morgan fingerprint density at radius 1 is 1.21 bits per heavy atom. The summed E-state index contributed by atoms with van der Waals surface area (Å²) in [4.78, 5) is 11.0. The van der Waals surface area contributed by atoms with Crippen molar-refractivity contribution in [3.63, 3.8) is 0 Å². The molecule has 3 rings (SSSR count). The topological polar surface area (TPSA) is 60.1 Å². The zero-order chi connectivity index (χ0) is 24.1. The molecular formula is C28H43NO4. The van der Waals surface area contributed by atoms with E-state index in [9.17, 15) is 4.79 Å². The number of carbonyl (C=O) groups excluding carboxylic acids is 1. The van der Waals surface area contributed by atoms with Gasteiger partial charge in [0.15, 0.2) is 0 Å². The van der Waals surface area contributed by atoms with Gasteiger partial charge in [0, 0.05) is 31.5 Å². The molecule has 1 N–H and O–H groups in total. The smallest absolute Gasteiger partial charge is 0.303 e. The standard InChI is InChI=1S/C28H43NO4/c1-20(8-16-26-17-28(19-31-28)18-27(5,6)33-26)7-11-24-12-14-25(15-13-24)29-21(2)9-10-22(3)32-23(4)30/h7-10,16,22,24-26,29H,2,11-15,17-19H2,1,3-6H3/b10-9-,16-8+,20-7+/t22-,24?,25?,26+,28+/m0/s1. The Bertz CT molecular complexity index is 776. The van der Waals surface area contributed by atoms with Gasteiger partial charge in [-0.25, -0.2) is 0 Å². The van der Waals surface area contributed by atoms with Crippen LogP contribution < -0.4 is 5.32 Å². The molecule has 0 aromatic rings. The van der Waals surface area contributed by atoms with Crippen molar-refractivity contribution in [2.45, 2.75) is 109 Å².